The fourth-order valence-electron chi connectivity index (χ4n) is 2.07. The first kappa shape index (κ1) is 14.4. The standard InChI is InChI=1S/C14H13ClN2O3/c15-12-2-1-3-13(11(12)4-5-14(18)19)17-6-7-20-10(8-16)9-17/h1-5,10H,6-7,9H2,(H,18,19). The molecule has 0 aliphatic carbocycles. The third-order valence-electron chi connectivity index (χ3n) is 2.97. The first-order valence-corrected chi connectivity index (χ1v) is 6.45. The molecule has 2 rings (SSSR count). The number of benzene rings is 1. The highest BCUT2D eigenvalue weighted by Gasteiger charge is 2.22. The largest absolute Gasteiger partial charge is 0.478 e. The van der Waals surface area contributed by atoms with Crippen LogP contribution in [0.1, 0.15) is 5.56 Å². The quantitative estimate of drug-likeness (QED) is 0.864. The Labute approximate surface area is 121 Å². The van der Waals surface area contributed by atoms with Crippen molar-refractivity contribution in [3.8, 4) is 6.07 Å². The van der Waals surface area contributed by atoms with Crippen LogP contribution in [-0.2, 0) is 9.53 Å². The van der Waals surface area contributed by atoms with Crippen LogP contribution >= 0.6 is 11.6 Å². The molecule has 6 heteroatoms. The van der Waals surface area contributed by atoms with Gasteiger partial charge in [0, 0.05) is 28.9 Å². The van der Waals surface area contributed by atoms with Gasteiger partial charge in [0.2, 0.25) is 0 Å². The lowest BCUT2D eigenvalue weighted by atomic mass is 10.1. The minimum absolute atomic E-state index is 0.435. The molecule has 1 heterocycles. The van der Waals surface area contributed by atoms with Crippen LogP contribution in [0.2, 0.25) is 5.02 Å². The lowest BCUT2D eigenvalue weighted by Gasteiger charge is -2.32. The Morgan fingerprint density at radius 1 is 1.60 bits per heavy atom. The highest BCUT2D eigenvalue weighted by Crippen LogP contribution is 2.30. The molecule has 20 heavy (non-hydrogen) atoms. The molecule has 0 aromatic heterocycles. The number of nitrogens with zero attached hydrogens (tertiary/aromatic N) is 2. The van der Waals surface area contributed by atoms with Crippen molar-refractivity contribution in [2.24, 2.45) is 0 Å². The van der Waals surface area contributed by atoms with Crippen LogP contribution in [0.15, 0.2) is 24.3 Å². The van der Waals surface area contributed by atoms with E-state index in [4.69, 9.17) is 26.7 Å². The Morgan fingerprint density at radius 3 is 3.10 bits per heavy atom. The minimum atomic E-state index is -1.03. The second kappa shape index (κ2) is 6.42. The van der Waals surface area contributed by atoms with Gasteiger partial charge in [-0.3, -0.25) is 0 Å². The second-order valence-corrected chi connectivity index (χ2v) is 4.69. The van der Waals surface area contributed by atoms with Gasteiger partial charge in [-0.25, -0.2) is 4.79 Å². The number of anilines is 1. The topological polar surface area (TPSA) is 73.6 Å². The van der Waals surface area contributed by atoms with Crippen LogP contribution in [0, 0.1) is 11.3 Å². The van der Waals surface area contributed by atoms with Crippen LogP contribution in [0.25, 0.3) is 6.08 Å². The SMILES string of the molecule is N#CC1CN(c2cccc(Cl)c2C=CC(=O)O)CCO1. The van der Waals surface area contributed by atoms with Gasteiger partial charge in [-0.15, -0.1) is 0 Å². The monoisotopic (exact) mass is 292 g/mol. The summed E-state index contributed by atoms with van der Waals surface area (Å²) in [6, 6.07) is 7.43. The van der Waals surface area contributed by atoms with Crippen molar-refractivity contribution in [1.29, 1.82) is 5.26 Å². The van der Waals surface area contributed by atoms with Crippen LogP contribution in [0.5, 0.6) is 0 Å². The smallest absolute Gasteiger partial charge is 0.328 e. The molecule has 5 nitrogen and oxygen atoms in total. The summed E-state index contributed by atoms with van der Waals surface area (Å²) in [5.74, 6) is -1.03. The Kier molecular flexibility index (Phi) is 4.61. The maximum absolute atomic E-state index is 10.7. The van der Waals surface area contributed by atoms with Crippen molar-refractivity contribution in [1.82, 2.24) is 0 Å². The third kappa shape index (κ3) is 3.29. The normalized spacial score (nSPS) is 19.0. The molecule has 0 spiro atoms. The predicted octanol–water partition coefficient (Wildman–Crippen LogP) is 2.17. The summed E-state index contributed by atoms with van der Waals surface area (Å²) in [5.41, 5.74) is 1.44. The molecule has 0 bridgehead atoms. The Hall–Kier alpha value is -2.03. The third-order valence-corrected chi connectivity index (χ3v) is 3.30. The fraction of sp³-hybridized carbons (Fsp3) is 0.286. The maximum Gasteiger partial charge on any atom is 0.328 e. The van der Waals surface area contributed by atoms with Gasteiger partial charge >= 0.3 is 5.97 Å². The Bertz CT molecular complexity index is 580. The average Bonchev–Trinajstić information content (AvgIpc) is 2.45. The van der Waals surface area contributed by atoms with E-state index in [1.807, 2.05) is 11.0 Å². The highest BCUT2D eigenvalue weighted by atomic mass is 35.5. The van der Waals surface area contributed by atoms with Gasteiger partial charge in [0.25, 0.3) is 0 Å². The number of aliphatic carboxylic acids is 1. The van der Waals surface area contributed by atoms with Crippen molar-refractivity contribution in [3.05, 3.63) is 34.9 Å². The van der Waals surface area contributed by atoms with Gasteiger partial charge in [-0.1, -0.05) is 17.7 Å². The number of halogens is 1. The van der Waals surface area contributed by atoms with Crippen molar-refractivity contribution < 1.29 is 14.6 Å². The fourth-order valence-corrected chi connectivity index (χ4v) is 2.30. The van der Waals surface area contributed by atoms with E-state index >= 15 is 0 Å². The molecule has 0 saturated carbocycles. The molecule has 1 aromatic rings. The number of carboxylic acid groups (broad SMARTS) is 1. The second-order valence-electron chi connectivity index (χ2n) is 4.28. The molecular formula is C14H13ClN2O3. The van der Waals surface area contributed by atoms with Crippen LogP contribution < -0.4 is 4.90 Å². The molecule has 0 amide bonds. The first-order valence-electron chi connectivity index (χ1n) is 6.07. The molecule has 1 N–H and O–H groups in total. The summed E-state index contributed by atoms with van der Waals surface area (Å²) in [5, 5.41) is 18.1. The van der Waals surface area contributed by atoms with Gasteiger partial charge in [-0.2, -0.15) is 5.26 Å². The summed E-state index contributed by atoms with van der Waals surface area (Å²) in [6.45, 7) is 1.52. The molecule has 1 saturated heterocycles. The number of hydrogen-bond acceptors (Lipinski definition) is 4. The lowest BCUT2D eigenvalue weighted by Crippen LogP contribution is -2.42. The van der Waals surface area contributed by atoms with E-state index in [1.54, 1.807) is 12.1 Å². The van der Waals surface area contributed by atoms with E-state index in [-0.39, 0.29) is 0 Å². The van der Waals surface area contributed by atoms with Gasteiger partial charge in [0.1, 0.15) is 0 Å². The molecule has 1 aliphatic rings. The predicted molar refractivity (Wildman–Crippen MR) is 75.7 cm³/mol. The summed E-state index contributed by atoms with van der Waals surface area (Å²) < 4.78 is 5.30. The zero-order chi connectivity index (χ0) is 14.5. The summed E-state index contributed by atoms with van der Waals surface area (Å²) >= 11 is 6.14. The summed E-state index contributed by atoms with van der Waals surface area (Å²) in [6.07, 6.45) is 2.03. The lowest BCUT2D eigenvalue weighted by molar-refractivity contribution is -0.131. The average molecular weight is 293 g/mol. The molecule has 104 valence electrons. The highest BCUT2D eigenvalue weighted by molar-refractivity contribution is 6.32. The maximum atomic E-state index is 10.7. The number of ether oxygens (including phenoxy) is 1. The van der Waals surface area contributed by atoms with E-state index in [0.717, 1.165) is 11.8 Å². The summed E-state index contributed by atoms with van der Waals surface area (Å²) in [4.78, 5) is 12.6. The number of carboxylic acids is 1. The molecule has 1 fully saturated rings. The zero-order valence-electron chi connectivity index (χ0n) is 10.6. The van der Waals surface area contributed by atoms with Crippen molar-refractivity contribution >= 4 is 29.3 Å². The van der Waals surface area contributed by atoms with Crippen LogP contribution in [0.3, 0.4) is 0 Å². The molecule has 0 radical (unpaired) electrons. The van der Waals surface area contributed by atoms with Crippen LogP contribution in [-0.4, -0.2) is 36.9 Å². The number of hydrogen-bond donors (Lipinski definition) is 1. The van der Waals surface area contributed by atoms with Crippen molar-refractivity contribution in [2.75, 3.05) is 24.6 Å². The zero-order valence-corrected chi connectivity index (χ0v) is 11.4. The first-order chi connectivity index (χ1) is 9.61. The Morgan fingerprint density at radius 2 is 2.40 bits per heavy atom. The summed E-state index contributed by atoms with van der Waals surface area (Å²) in [7, 11) is 0. The van der Waals surface area contributed by atoms with E-state index in [0.29, 0.717) is 30.3 Å². The minimum Gasteiger partial charge on any atom is -0.478 e. The molecule has 1 aliphatic heterocycles. The van der Waals surface area contributed by atoms with E-state index in [2.05, 4.69) is 6.07 Å². The van der Waals surface area contributed by atoms with Crippen molar-refractivity contribution in [2.45, 2.75) is 6.10 Å². The number of carbonyl (C=O) groups is 1. The number of rotatable bonds is 3. The van der Waals surface area contributed by atoms with E-state index in [9.17, 15) is 4.79 Å². The van der Waals surface area contributed by atoms with Gasteiger partial charge in [-0.05, 0) is 18.2 Å². The van der Waals surface area contributed by atoms with E-state index in [1.165, 1.54) is 6.08 Å². The van der Waals surface area contributed by atoms with Crippen LogP contribution in [0.4, 0.5) is 5.69 Å². The number of morpholine rings is 1. The molecule has 1 atom stereocenters. The number of nitriles is 1. The molecular weight excluding hydrogens is 280 g/mol. The van der Waals surface area contributed by atoms with Gasteiger partial charge < -0.3 is 14.7 Å². The van der Waals surface area contributed by atoms with Crippen molar-refractivity contribution in [3.63, 3.8) is 0 Å². The van der Waals surface area contributed by atoms with Gasteiger partial charge in [0.05, 0.1) is 19.2 Å². The molecule has 1 unspecified atom stereocenters. The Balaban J connectivity index is 2.33. The molecule has 1 aromatic carbocycles. The van der Waals surface area contributed by atoms with E-state index < -0.39 is 12.1 Å². The van der Waals surface area contributed by atoms with Gasteiger partial charge in [0.15, 0.2) is 6.10 Å².